The van der Waals surface area contributed by atoms with Gasteiger partial charge in [-0.25, -0.2) is 0 Å². The Morgan fingerprint density at radius 1 is 1.37 bits per heavy atom. The van der Waals surface area contributed by atoms with Gasteiger partial charge in [-0.3, -0.25) is 19.5 Å². The van der Waals surface area contributed by atoms with E-state index >= 15 is 0 Å². The molecule has 2 amide bonds. The molecule has 2 fully saturated rings. The maximum atomic E-state index is 12.5. The first-order valence-corrected chi connectivity index (χ1v) is 10.4. The summed E-state index contributed by atoms with van der Waals surface area (Å²) in [4.78, 5) is 31.3. The van der Waals surface area contributed by atoms with Crippen LogP contribution >= 0.6 is 23.4 Å². The van der Waals surface area contributed by atoms with Crippen LogP contribution in [0.5, 0.6) is 5.75 Å². The van der Waals surface area contributed by atoms with Crippen molar-refractivity contribution in [3.8, 4) is 5.75 Å². The van der Waals surface area contributed by atoms with Gasteiger partial charge in [0.25, 0.3) is 0 Å². The number of ether oxygens (including phenoxy) is 1. The molecular weight excluding hydrogens is 386 g/mol. The summed E-state index contributed by atoms with van der Waals surface area (Å²) in [5.41, 5.74) is 0.495. The summed E-state index contributed by atoms with van der Waals surface area (Å²) in [7, 11) is 3.26. The van der Waals surface area contributed by atoms with Crippen molar-refractivity contribution in [1.82, 2.24) is 4.90 Å². The van der Waals surface area contributed by atoms with Crippen LogP contribution in [0, 0.1) is 0 Å². The highest BCUT2D eigenvalue weighted by molar-refractivity contribution is 8.15. The predicted octanol–water partition coefficient (Wildman–Crippen LogP) is 3.94. The number of aliphatic imine (C=N–C) groups is 1. The Bertz CT molecular complexity index is 750. The number of carbonyl (C=O) groups is 2. The van der Waals surface area contributed by atoms with Crippen molar-refractivity contribution in [2.45, 2.75) is 49.8 Å². The SMILES string of the molecule is COc1ccc(Cl)cc1NC(=O)CC1SC(=NC2CCCCC2)N(C)C1=O. The number of carbonyl (C=O) groups excluding carboxylic acids is 2. The number of rotatable bonds is 5. The minimum absolute atomic E-state index is 0.0766. The lowest BCUT2D eigenvalue weighted by molar-refractivity contribution is -0.127. The first-order valence-electron chi connectivity index (χ1n) is 9.13. The molecule has 6 nitrogen and oxygen atoms in total. The first kappa shape index (κ1) is 20.0. The fourth-order valence-corrected chi connectivity index (χ4v) is 4.71. The molecule has 1 saturated heterocycles. The summed E-state index contributed by atoms with van der Waals surface area (Å²) >= 11 is 7.37. The molecule has 1 saturated carbocycles. The highest BCUT2D eigenvalue weighted by Crippen LogP contribution is 2.32. The van der Waals surface area contributed by atoms with E-state index in [1.165, 1.54) is 38.1 Å². The number of amides is 2. The number of hydrogen-bond donors (Lipinski definition) is 1. The van der Waals surface area contributed by atoms with Crippen molar-refractivity contribution in [3.63, 3.8) is 0 Å². The summed E-state index contributed by atoms with van der Waals surface area (Å²) < 4.78 is 5.24. The van der Waals surface area contributed by atoms with Gasteiger partial charge in [-0.1, -0.05) is 42.6 Å². The van der Waals surface area contributed by atoms with Crippen LogP contribution in [0.4, 0.5) is 5.69 Å². The van der Waals surface area contributed by atoms with Gasteiger partial charge in [0.1, 0.15) is 11.0 Å². The van der Waals surface area contributed by atoms with E-state index in [0.717, 1.165) is 18.0 Å². The van der Waals surface area contributed by atoms with E-state index in [4.69, 9.17) is 21.3 Å². The Hall–Kier alpha value is -1.73. The second-order valence-electron chi connectivity index (χ2n) is 6.80. The molecule has 27 heavy (non-hydrogen) atoms. The quantitative estimate of drug-likeness (QED) is 0.799. The van der Waals surface area contributed by atoms with Crippen molar-refractivity contribution < 1.29 is 14.3 Å². The summed E-state index contributed by atoms with van der Waals surface area (Å²) in [5, 5.41) is 3.56. The number of nitrogens with zero attached hydrogens (tertiary/aromatic N) is 2. The number of anilines is 1. The Morgan fingerprint density at radius 2 is 2.11 bits per heavy atom. The molecule has 1 aromatic rings. The highest BCUT2D eigenvalue weighted by Gasteiger charge is 2.37. The average molecular weight is 410 g/mol. The van der Waals surface area contributed by atoms with E-state index in [-0.39, 0.29) is 18.2 Å². The molecule has 3 rings (SSSR count). The molecule has 1 aliphatic heterocycles. The Morgan fingerprint density at radius 3 is 2.81 bits per heavy atom. The van der Waals surface area contributed by atoms with E-state index in [1.807, 2.05) is 0 Å². The molecule has 1 aliphatic carbocycles. The van der Waals surface area contributed by atoms with Gasteiger partial charge in [-0.15, -0.1) is 0 Å². The van der Waals surface area contributed by atoms with Gasteiger partial charge in [-0.2, -0.15) is 0 Å². The van der Waals surface area contributed by atoms with Gasteiger partial charge in [0.15, 0.2) is 5.17 Å². The molecule has 0 bridgehead atoms. The molecule has 0 aromatic heterocycles. The number of hydrogen-bond acceptors (Lipinski definition) is 5. The third kappa shape index (κ3) is 4.96. The van der Waals surface area contributed by atoms with E-state index in [9.17, 15) is 9.59 Å². The number of nitrogens with one attached hydrogen (secondary N) is 1. The topological polar surface area (TPSA) is 71.0 Å². The fraction of sp³-hybridized carbons (Fsp3) is 0.526. The Balaban J connectivity index is 1.63. The largest absolute Gasteiger partial charge is 0.495 e. The van der Waals surface area contributed by atoms with Gasteiger partial charge < -0.3 is 10.1 Å². The van der Waals surface area contributed by atoms with E-state index in [1.54, 1.807) is 30.1 Å². The van der Waals surface area contributed by atoms with Crippen LogP contribution in [0.1, 0.15) is 38.5 Å². The molecule has 1 unspecified atom stereocenters. The zero-order valence-electron chi connectivity index (χ0n) is 15.5. The lowest BCUT2D eigenvalue weighted by Gasteiger charge is -2.19. The van der Waals surface area contributed by atoms with E-state index in [2.05, 4.69) is 5.32 Å². The van der Waals surface area contributed by atoms with Gasteiger partial charge in [0, 0.05) is 18.5 Å². The molecule has 2 aliphatic rings. The maximum absolute atomic E-state index is 12.5. The summed E-state index contributed by atoms with van der Waals surface area (Å²) in [6.45, 7) is 0. The molecule has 146 valence electrons. The number of amidine groups is 1. The monoisotopic (exact) mass is 409 g/mol. The second kappa shape index (κ2) is 8.97. The average Bonchev–Trinajstić information content (AvgIpc) is 2.90. The highest BCUT2D eigenvalue weighted by atomic mass is 35.5. The number of halogens is 1. The van der Waals surface area contributed by atoms with Gasteiger partial charge in [0.05, 0.1) is 18.8 Å². The van der Waals surface area contributed by atoms with Crippen LogP contribution in [-0.2, 0) is 9.59 Å². The fourth-order valence-electron chi connectivity index (χ4n) is 3.33. The Labute approximate surface area is 168 Å². The number of benzene rings is 1. The molecule has 8 heteroatoms. The molecule has 0 spiro atoms. The van der Waals surface area contributed by atoms with E-state index < -0.39 is 5.25 Å². The molecule has 1 atom stereocenters. The van der Waals surface area contributed by atoms with Crippen LogP contribution < -0.4 is 10.1 Å². The van der Waals surface area contributed by atoms with Crippen molar-refractivity contribution in [3.05, 3.63) is 23.2 Å². The number of methoxy groups -OCH3 is 1. The van der Waals surface area contributed by atoms with Gasteiger partial charge in [-0.05, 0) is 31.0 Å². The van der Waals surface area contributed by atoms with Crippen molar-refractivity contribution in [1.29, 1.82) is 0 Å². The zero-order chi connectivity index (χ0) is 19.4. The molecular formula is C19H24ClN3O3S. The van der Waals surface area contributed by atoms with Gasteiger partial charge >= 0.3 is 0 Å². The summed E-state index contributed by atoms with van der Waals surface area (Å²) in [6, 6.07) is 5.30. The van der Waals surface area contributed by atoms with E-state index in [0.29, 0.717) is 22.5 Å². The predicted molar refractivity (Wildman–Crippen MR) is 110 cm³/mol. The molecule has 1 heterocycles. The standard InChI is InChI=1S/C19H24ClN3O3S/c1-23-18(25)16(27-19(23)21-13-6-4-3-5-7-13)11-17(24)22-14-10-12(20)8-9-15(14)26-2/h8-10,13,16H,3-7,11H2,1-2H3,(H,22,24). The second-order valence-corrected chi connectivity index (χ2v) is 8.41. The minimum atomic E-state index is -0.456. The van der Waals surface area contributed by atoms with Crippen LogP contribution in [0.15, 0.2) is 23.2 Å². The summed E-state index contributed by atoms with van der Waals surface area (Å²) in [6.07, 6.45) is 5.87. The normalized spacial score (nSPS) is 22.3. The van der Waals surface area contributed by atoms with Crippen molar-refractivity contribution in [2.24, 2.45) is 4.99 Å². The number of thioether (sulfide) groups is 1. The van der Waals surface area contributed by atoms with Crippen LogP contribution in [0.2, 0.25) is 5.02 Å². The van der Waals surface area contributed by atoms with Crippen LogP contribution in [-0.4, -0.2) is 47.3 Å². The minimum Gasteiger partial charge on any atom is -0.495 e. The third-order valence-corrected chi connectivity index (χ3v) is 6.29. The van der Waals surface area contributed by atoms with Crippen molar-refractivity contribution >= 4 is 46.0 Å². The Kier molecular flexibility index (Phi) is 6.65. The van der Waals surface area contributed by atoms with Gasteiger partial charge in [0.2, 0.25) is 11.8 Å². The van der Waals surface area contributed by atoms with Crippen molar-refractivity contribution in [2.75, 3.05) is 19.5 Å². The lowest BCUT2D eigenvalue weighted by atomic mass is 9.96. The lowest BCUT2D eigenvalue weighted by Crippen LogP contribution is -2.30. The third-order valence-electron chi connectivity index (χ3n) is 4.81. The smallest absolute Gasteiger partial charge is 0.242 e. The maximum Gasteiger partial charge on any atom is 0.242 e. The van der Waals surface area contributed by atoms with Crippen LogP contribution in [0.3, 0.4) is 0 Å². The zero-order valence-corrected chi connectivity index (χ0v) is 17.1. The first-order chi connectivity index (χ1) is 13.0. The summed E-state index contributed by atoms with van der Waals surface area (Å²) in [5.74, 6) is 0.186. The molecule has 1 N–H and O–H groups in total. The molecule has 0 radical (unpaired) electrons. The van der Waals surface area contributed by atoms with Crippen LogP contribution in [0.25, 0.3) is 0 Å². The molecule has 1 aromatic carbocycles.